The molecule has 0 saturated carbocycles. The molecule has 0 aliphatic heterocycles. The van der Waals surface area contributed by atoms with E-state index in [0.717, 1.165) is 32.1 Å². The Balaban J connectivity index is 3.33. The molecule has 0 aromatic heterocycles. The summed E-state index contributed by atoms with van der Waals surface area (Å²) in [4.78, 5) is 23.5. The number of esters is 2. The van der Waals surface area contributed by atoms with Gasteiger partial charge in [-0.2, -0.15) is 0 Å². The number of carbonyl (C=O) groups excluding carboxylic acids is 2. The van der Waals surface area contributed by atoms with Gasteiger partial charge in [-0.1, -0.05) is 104 Å². The topological polar surface area (TPSA) is 52.6 Å². The Morgan fingerprint density at radius 2 is 1.07 bits per heavy atom. The summed E-state index contributed by atoms with van der Waals surface area (Å²) in [6, 6.07) is 0. The molecule has 0 saturated heterocycles. The second-order valence-corrected chi connectivity index (χ2v) is 8.76. The second kappa shape index (κ2) is 22.6. The van der Waals surface area contributed by atoms with Gasteiger partial charge in [-0.25, -0.2) is 0 Å². The fraction of sp³-hybridized carbons (Fsp3) is 0.923. The van der Waals surface area contributed by atoms with Crippen LogP contribution in [-0.4, -0.2) is 24.6 Å². The van der Waals surface area contributed by atoms with E-state index in [9.17, 15) is 9.59 Å². The minimum absolute atomic E-state index is 0.0278. The van der Waals surface area contributed by atoms with E-state index in [1.807, 2.05) is 6.92 Å². The fourth-order valence-corrected chi connectivity index (χ4v) is 3.59. The third-order valence-corrected chi connectivity index (χ3v) is 5.57. The SMILES string of the molecule is CCCCCCCCCCCCCCCOC(=O)CCCC(=O)OC(C)CCCC. The van der Waals surface area contributed by atoms with E-state index in [0.29, 0.717) is 25.9 Å². The molecule has 0 heterocycles. The van der Waals surface area contributed by atoms with Crippen molar-refractivity contribution >= 4 is 11.9 Å². The number of hydrogen-bond acceptors (Lipinski definition) is 4. The van der Waals surface area contributed by atoms with Crippen molar-refractivity contribution in [3.63, 3.8) is 0 Å². The van der Waals surface area contributed by atoms with Crippen LogP contribution in [0.3, 0.4) is 0 Å². The van der Waals surface area contributed by atoms with Crippen LogP contribution >= 0.6 is 0 Å². The minimum Gasteiger partial charge on any atom is -0.466 e. The van der Waals surface area contributed by atoms with Crippen LogP contribution in [0.2, 0.25) is 0 Å². The van der Waals surface area contributed by atoms with Crippen molar-refractivity contribution in [2.45, 2.75) is 149 Å². The first kappa shape index (κ1) is 28.9. The Labute approximate surface area is 186 Å². The largest absolute Gasteiger partial charge is 0.466 e. The van der Waals surface area contributed by atoms with Crippen molar-refractivity contribution in [3.05, 3.63) is 0 Å². The highest BCUT2D eigenvalue weighted by Crippen LogP contribution is 2.13. The Bertz CT molecular complexity index is 394. The summed E-state index contributed by atoms with van der Waals surface area (Å²) >= 11 is 0. The molecule has 0 fully saturated rings. The lowest BCUT2D eigenvalue weighted by Gasteiger charge is -2.12. The summed E-state index contributed by atoms with van der Waals surface area (Å²) in [5.41, 5.74) is 0. The van der Waals surface area contributed by atoms with E-state index in [-0.39, 0.29) is 18.0 Å². The van der Waals surface area contributed by atoms with Gasteiger partial charge in [0.2, 0.25) is 0 Å². The molecular weight excluding hydrogens is 376 g/mol. The van der Waals surface area contributed by atoms with Gasteiger partial charge >= 0.3 is 11.9 Å². The third-order valence-electron chi connectivity index (χ3n) is 5.57. The molecule has 0 aromatic rings. The predicted octanol–water partition coefficient (Wildman–Crippen LogP) is 7.91. The van der Waals surface area contributed by atoms with Gasteiger partial charge in [0.1, 0.15) is 0 Å². The molecule has 1 atom stereocenters. The van der Waals surface area contributed by atoms with E-state index in [1.54, 1.807) is 0 Å². The van der Waals surface area contributed by atoms with Gasteiger partial charge in [-0.3, -0.25) is 9.59 Å². The van der Waals surface area contributed by atoms with Gasteiger partial charge in [0, 0.05) is 12.8 Å². The number of rotatable bonds is 22. The lowest BCUT2D eigenvalue weighted by Crippen LogP contribution is -2.15. The van der Waals surface area contributed by atoms with Crippen molar-refractivity contribution < 1.29 is 19.1 Å². The first-order valence-electron chi connectivity index (χ1n) is 12.9. The van der Waals surface area contributed by atoms with Crippen LogP contribution in [0.5, 0.6) is 0 Å². The molecule has 0 spiro atoms. The minimum atomic E-state index is -0.206. The lowest BCUT2D eigenvalue weighted by atomic mass is 10.0. The van der Waals surface area contributed by atoms with Gasteiger partial charge < -0.3 is 9.47 Å². The number of unbranched alkanes of at least 4 members (excludes halogenated alkanes) is 13. The van der Waals surface area contributed by atoms with Crippen molar-refractivity contribution in [3.8, 4) is 0 Å². The van der Waals surface area contributed by atoms with Crippen molar-refractivity contribution in [1.29, 1.82) is 0 Å². The number of hydrogen-bond donors (Lipinski definition) is 0. The molecule has 178 valence electrons. The van der Waals surface area contributed by atoms with E-state index in [1.165, 1.54) is 70.6 Å². The first-order valence-corrected chi connectivity index (χ1v) is 12.9. The Morgan fingerprint density at radius 1 is 0.600 bits per heavy atom. The molecule has 0 N–H and O–H groups in total. The van der Waals surface area contributed by atoms with Gasteiger partial charge in [-0.05, 0) is 26.2 Å². The molecule has 0 aliphatic carbocycles. The number of carbonyl (C=O) groups is 2. The smallest absolute Gasteiger partial charge is 0.306 e. The van der Waals surface area contributed by atoms with Crippen molar-refractivity contribution in [2.24, 2.45) is 0 Å². The third kappa shape index (κ3) is 21.6. The summed E-state index contributed by atoms with van der Waals surface area (Å²) in [5.74, 6) is -0.399. The Kier molecular flexibility index (Phi) is 21.8. The van der Waals surface area contributed by atoms with Crippen LogP contribution in [0, 0.1) is 0 Å². The molecule has 0 rings (SSSR count). The van der Waals surface area contributed by atoms with Gasteiger partial charge in [0.25, 0.3) is 0 Å². The van der Waals surface area contributed by atoms with Crippen LogP contribution in [0.1, 0.15) is 143 Å². The van der Waals surface area contributed by atoms with E-state index in [2.05, 4.69) is 13.8 Å². The summed E-state index contributed by atoms with van der Waals surface area (Å²) in [6.45, 7) is 6.83. The van der Waals surface area contributed by atoms with Crippen LogP contribution < -0.4 is 0 Å². The maximum Gasteiger partial charge on any atom is 0.306 e. The second-order valence-electron chi connectivity index (χ2n) is 8.76. The molecule has 0 radical (unpaired) electrons. The van der Waals surface area contributed by atoms with E-state index in [4.69, 9.17) is 9.47 Å². The van der Waals surface area contributed by atoms with Crippen LogP contribution in [-0.2, 0) is 19.1 Å². The number of ether oxygens (including phenoxy) is 2. The predicted molar refractivity (Wildman–Crippen MR) is 126 cm³/mol. The average Bonchev–Trinajstić information content (AvgIpc) is 2.72. The fourth-order valence-electron chi connectivity index (χ4n) is 3.59. The molecule has 0 aliphatic rings. The molecule has 4 heteroatoms. The van der Waals surface area contributed by atoms with Crippen molar-refractivity contribution in [2.75, 3.05) is 6.61 Å². The lowest BCUT2D eigenvalue weighted by molar-refractivity contribution is -0.149. The monoisotopic (exact) mass is 426 g/mol. The van der Waals surface area contributed by atoms with Crippen LogP contribution in [0.25, 0.3) is 0 Å². The maximum atomic E-state index is 11.7. The zero-order valence-electron chi connectivity index (χ0n) is 20.4. The maximum absolute atomic E-state index is 11.7. The zero-order valence-corrected chi connectivity index (χ0v) is 20.4. The summed E-state index contributed by atoms with van der Waals surface area (Å²) in [7, 11) is 0. The summed E-state index contributed by atoms with van der Waals surface area (Å²) in [6.07, 6.45) is 21.2. The Morgan fingerprint density at radius 3 is 1.60 bits per heavy atom. The molecule has 0 amide bonds. The standard InChI is InChI=1S/C26H50O4/c1-4-6-8-9-10-11-12-13-14-15-16-17-18-23-29-25(27)21-19-22-26(28)30-24(3)20-7-5-2/h24H,4-23H2,1-3H3. The molecule has 30 heavy (non-hydrogen) atoms. The molecule has 0 bridgehead atoms. The highest BCUT2D eigenvalue weighted by atomic mass is 16.5. The summed E-state index contributed by atoms with van der Waals surface area (Å²) < 4.78 is 10.6. The van der Waals surface area contributed by atoms with Crippen LogP contribution in [0.4, 0.5) is 0 Å². The van der Waals surface area contributed by atoms with E-state index >= 15 is 0 Å². The van der Waals surface area contributed by atoms with Crippen LogP contribution in [0.15, 0.2) is 0 Å². The molecule has 4 nitrogen and oxygen atoms in total. The molecule has 0 aromatic carbocycles. The van der Waals surface area contributed by atoms with Crippen molar-refractivity contribution in [1.82, 2.24) is 0 Å². The van der Waals surface area contributed by atoms with Gasteiger partial charge in [0.15, 0.2) is 0 Å². The Hall–Kier alpha value is -1.06. The molecular formula is C26H50O4. The summed E-state index contributed by atoms with van der Waals surface area (Å²) in [5, 5.41) is 0. The average molecular weight is 427 g/mol. The van der Waals surface area contributed by atoms with E-state index < -0.39 is 0 Å². The highest BCUT2D eigenvalue weighted by Gasteiger charge is 2.10. The van der Waals surface area contributed by atoms with Gasteiger partial charge in [-0.15, -0.1) is 0 Å². The van der Waals surface area contributed by atoms with Gasteiger partial charge in [0.05, 0.1) is 12.7 Å². The zero-order chi connectivity index (χ0) is 22.3. The quantitative estimate of drug-likeness (QED) is 0.130. The highest BCUT2D eigenvalue weighted by molar-refractivity contribution is 5.72. The molecule has 1 unspecified atom stereocenters. The first-order chi connectivity index (χ1) is 14.6. The normalized spacial score (nSPS) is 12.0.